The van der Waals surface area contributed by atoms with E-state index in [1.807, 2.05) is 23.9 Å². The number of nitrogens with one attached hydrogen (secondary N) is 1. The van der Waals surface area contributed by atoms with Gasteiger partial charge in [0.2, 0.25) is 0 Å². The van der Waals surface area contributed by atoms with E-state index in [9.17, 15) is 0 Å². The van der Waals surface area contributed by atoms with Crippen LogP contribution in [0.25, 0.3) is 0 Å². The van der Waals surface area contributed by atoms with Crippen molar-refractivity contribution in [3.8, 4) is 0 Å². The molecule has 6 heteroatoms. The van der Waals surface area contributed by atoms with Gasteiger partial charge in [-0.25, -0.2) is 5.43 Å². The average molecular weight is 280 g/mol. The molecule has 2 aromatic rings. The second-order valence-corrected chi connectivity index (χ2v) is 4.90. The molecule has 1 atom stereocenters. The summed E-state index contributed by atoms with van der Waals surface area (Å²) in [6.07, 6.45) is 6.23. The molecule has 19 heavy (non-hydrogen) atoms. The summed E-state index contributed by atoms with van der Waals surface area (Å²) in [5.41, 5.74) is 5.73. The first-order valence-corrected chi connectivity index (χ1v) is 6.64. The third-order valence-corrected chi connectivity index (χ3v) is 3.23. The van der Waals surface area contributed by atoms with E-state index in [0.717, 1.165) is 29.8 Å². The molecule has 0 aliphatic heterocycles. The molecular weight excluding hydrogens is 262 g/mol. The van der Waals surface area contributed by atoms with Gasteiger partial charge in [-0.2, -0.15) is 5.10 Å². The van der Waals surface area contributed by atoms with Gasteiger partial charge in [0.1, 0.15) is 0 Å². The standard InChI is InChI=1S/C13H18ClN5/c1-3-4-19-13(11(14)8-17-19)12(18-15)10-5-9(2)6-16-7-10/h5-8,12,18H,3-4,15H2,1-2H3. The van der Waals surface area contributed by atoms with Crippen molar-refractivity contribution in [3.05, 3.63) is 46.5 Å². The topological polar surface area (TPSA) is 68.8 Å². The zero-order valence-electron chi connectivity index (χ0n) is 11.1. The van der Waals surface area contributed by atoms with Crippen LogP contribution in [0.5, 0.6) is 0 Å². The van der Waals surface area contributed by atoms with E-state index in [-0.39, 0.29) is 6.04 Å². The number of aryl methyl sites for hydroxylation is 2. The molecule has 0 aromatic carbocycles. The fourth-order valence-corrected chi connectivity index (χ4v) is 2.37. The number of hydrazine groups is 1. The van der Waals surface area contributed by atoms with Gasteiger partial charge in [0, 0.05) is 18.9 Å². The Hall–Kier alpha value is -1.43. The molecule has 0 saturated heterocycles. The number of halogens is 1. The quantitative estimate of drug-likeness (QED) is 0.650. The van der Waals surface area contributed by atoms with Gasteiger partial charge >= 0.3 is 0 Å². The molecule has 0 saturated carbocycles. The van der Waals surface area contributed by atoms with E-state index in [4.69, 9.17) is 17.4 Å². The summed E-state index contributed by atoms with van der Waals surface area (Å²) >= 11 is 6.24. The zero-order valence-corrected chi connectivity index (χ0v) is 11.9. The van der Waals surface area contributed by atoms with Crippen molar-refractivity contribution in [2.45, 2.75) is 32.9 Å². The highest BCUT2D eigenvalue weighted by molar-refractivity contribution is 6.31. The Kier molecular flexibility index (Phi) is 4.52. The van der Waals surface area contributed by atoms with Crippen LogP contribution in [-0.2, 0) is 6.54 Å². The Balaban J connectivity index is 2.44. The van der Waals surface area contributed by atoms with E-state index in [1.54, 1.807) is 12.4 Å². The summed E-state index contributed by atoms with van der Waals surface area (Å²) in [5, 5.41) is 4.90. The fourth-order valence-electron chi connectivity index (χ4n) is 2.12. The first kappa shape index (κ1) is 14.0. The molecule has 0 fully saturated rings. The van der Waals surface area contributed by atoms with Crippen LogP contribution in [0.4, 0.5) is 0 Å². The maximum atomic E-state index is 6.24. The van der Waals surface area contributed by atoms with Crippen molar-refractivity contribution in [1.29, 1.82) is 0 Å². The number of nitrogens with two attached hydrogens (primary N) is 1. The van der Waals surface area contributed by atoms with E-state index in [1.165, 1.54) is 0 Å². The maximum absolute atomic E-state index is 6.24. The molecule has 1 unspecified atom stereocenters. The molecule has 0 bridgehead atoms. The smallest absolute Gasteiger partial charge is 0.0908 e. The van der Waals surface area contributed by atoms with Crippen LogP contribution < -0.4 is 11.3 Å². The monoisotopic (exact) mass is 279 g/mol. The summed E-state index contributed by atoms with van der Waals surface area (Å²) < 4.78 is 1.88. The number of nitrogens with zero attached hydrogens (tertiary/aromatic N) is 3. The van der Waals surface area contributed by atoms with Gasteiger partial charge in [0.15, 0.2) is 0 Å². The maximum Gasteiger partial charge on any atom is 0.0908 e. The van der Waals surface area contributed by atoms with E-state index in [2.05, 4.69) is 22.4 Å². The Morgan fingerprint density at radius 2 is 2.21 bits per heavy atom. The van der Waals surface area contributed by atoms with Crippen LogP contribution in [-0.4, -0.2) is 14.8 Å². The van der Waals surface area contributed by atoms with Crippen molar-refractivity contribution in [1.82, 2.24) is 20.2 Å². The Bertz CT molecular complexity index is 552. The molecule has 3 N–H and O–H groups in total. The Morgan fingerprint density at radius 3 is 2.84 bits per heavy atom. The SMILES string of the molecule is CCCn1ncc(Cl)c1C(NN)c1cncc(C)c1. The predicted molar refractivity (Wildman–Crippen MR) is 75.7 cm³/mol. The van der Waals surface area contributed by atoms with Crippen molar-refractivity contribution in [2.24, 2.45) is 5.84 Å². The minimum absolute atomic E-state index is 0.214. The molecule has 102 valence electrons. The minimum atomic E-state index is -0.214. The fraction of sp³-hybridized carbons (Fsp3) is 0.385. The molecule has 0 aliphatic carbocycles. The van der Waals surface area contributed by atoms with Gasteiger partial charge in [-0.3, -0.25) is 15.5 Å². The molecule has 0 amide bonds. The van der Waals surface area contributed by atoms with Crippen molar-refractivity contribution in [2.75, 3.05) is 0 Å². The van der Waals surface area contributed by atoms with Crippen LogP contribution in [0.1, 0.15) is 36.2 Å². The molecule has 0 aliphatic rings. The van der Waals surface area contributed by atoms with Crippen molar-refractivity contribution < 1.29 is 0 Å². The number of hydrogen-bond donors (Lipinski definition) is 2. The van der Waals surface area contributed by atoms with Gasteiger partial charge in [0.05, 0.1) is 23.0 Å². The van der Waals surface area contributed by atoms with Crippen LogP contribution in [0.2, 0.25) is 5.02 Å². The highest BCUT2D eigenvalue weighted by Crippen LogP contribution is 2.27. The lowest BCUT2D eigenvalue weighted by atomic mass is 10.0. The summed E-state index contributed by atoms with van der Waals surface area (Å²) in [6, 6.07) is 1.82. The van der Waals surface area contributed by atoms with Crippen LogP contribution in [0.15, 0.2) is 24.7 Å². The number of rotatable bonds is 5. The van der Waals surface area contributed by atoms with E-state index in [0.29, 0.717) is 5.02 Å². The number of pyridine rings is 1. The van der Waals surface area contributed by atoms with E-state index >= 15 is 0 Å². The van der Waals surface area contributed by atoms with Gasteiger partial charge in [-0.1, -0.05) is 24.6 Å². The minimum Gasteiger partial charge on any atom is -0.271 e. The normalized spacial score (nSPS) is 12.6. The Morgan fingerprint density at radius 1 is 1.42 bits per heavy atom. The molecule has 2 rings (SSSR count). The lowest BCUT2D eigenvalue weighted by molar-refractivity contribution is 0.520. The average Bonchev–Trinajstić information content (AvgIpc) is 2.74. The van der Waals surface area contributed by atoms with Crippen LogP contribution >= 0.6 is 11.6 Å². The first-order valence-electron chi connectivity index (χ1n) is 6.26. The summed E-state index contributed by atoms with van der Waals surface area (Å²) in [6.45, 7) is 4.90. The molecule has 0 radical (unpaired) electrons. The third-order valence-electron chi connectivity index (χ3n) is 2.94. The summed E-state index contributed by atoms with van der Waals surface area (Å²) in [5.74, 6) is 5.70. The summed E-state index contributed by atoms with van der Waals surface area (Å²) in [7, 11) is 0. The highest BCUT2D eigenvalue weighted by Gasteiger charge is 2.21. The zero-order chi connectivity index (χ0) is 13.8. The number of aromatic nitrogens is 3. The second kappa shape index (κ2) is 6.14. The van der Waals surface area contributed by atoms with Crippen LogP contribution in [0, 0.1) is 6.92 Å². The predicted octanol–water partition coefficient (Wildman–Crippen LogP) is 2.20. The molecule has 2 heterocycles. The van der Waals surface area contributed by atoms with Gasteiger partial charge in [-0.15, -0.1) is 0 Å². The third kappa shape index (κ3) is 2.94. The van der Waals surface area contributed by atoms with E-state index < -0.39 is 0 Å². The largest absolute Gasteiger partial charge is 0.271 e. The molecular formula is C13H18ClN5. The number of hydrogen-bond acceptors (Lipinski definition) is 4. The van der Waals surface area contributed by atoms with Crippen molar-refractivity contribution >= 4 is 11.6 Å². The molecule has 0 spiro atoms. The Labute approximate surface area is 117 Å². The lowest BCUT2D eigenvalue weighted by Gasteiger charge is -2.18. The van der Waals surface area contributed by atoms with Crippen LogP contribution in [0.3, 0.4) is 0 Å². The second-order valence-electron chi connectivity index (χ2n) is 4.50. The highest BCUT2D eigenvalue weighted by atomic mass is 35.5. The van der Waals surface area contributed by atoms with Gasteiger partial charge in [-0.05, 0) is 24.5 Å². The lowest BCUT2D eigenvalue weighted by Crippen LogP contribution is -2.31. The molecule has 5 nitrogen and oxygen atoms in total. The summed E-state index contributed by atoms with van der Waals surface area (Å²) in [4.78, 5) is 4.20. The van der Waals surface area contributed by atoms with Gasteiger partial charge in [0.25, 0.3) is 0 Å². The molecule has 2 aromatic heterocycles. The first-order chi connectivity index (χ1) is 9.17. The van der Waals surface area contributed by atoms with Crippen molar-refractivity contribution in [3.63, 3.8) is 0 Å². The van der Waals surface area contributed by atoms with Gasteiger partial charge < -0.3 is 0 Å².